The Morgan fingerprint density at radius 2 is 1.79 bits per heavy atom. The molecule has 0 fully saturated rings. The van der Waals surface area contributed by atoms with Crippen molar-refractivity contribution in [2.45, 2.75) is 19.8 Å². The summed E-state index contributed by atoms with van der Waals surface area (Å²) in [5.74, 6) is -0.254. The predicted molar refractivity (Wildman–Crippen MR) is 54.0 cm³/mol. The molecule has 0 aromatic heterocycles. The lowest BCUT2D eigenvalue weighted by atomic mass is 10.1. The maximum atomic E-state index is 11.3. The largest absolute Gasteiger partial charge is 0.369 e. The molecule has 0 spiro atoms. The Balaban J connectivity index is 2.78. The van der Waals surface area contributed by atoms with Gasteiger partial charge in [0, 0.05) is 12.0 Å². The second-order valence-corrected chi connectivity index (χ2v) is 3.12. The van der Waals surface area contributed by atoms with Crippen LogP contribution in [0.15, 0.2) is 24.3 Å². The van der Waals surface area contributed by atoms with Crippen molar-refractivity contribution in [2.75, 3.05) is 0 Å². The van der Waals surface area contributed by atoms with Gasteiger partial charge in [-0.15, -0.1) is 0 Å². The summed E-state index contributed by atoms with van der Waals surface area (Å²) < 4.78 is 0. The Labute approximate surface area is 82.9 Å². The third-order valence-electron chi connectivity index (χ3n) is 1.98. The van der Waals surface area contributed by atoms with Crippen molar-refractivity contribution in [3.05, 3.63) is 35.4 Å². The van der Waals surface area contributed by atoms with E-state index in [1.54, 1.807) is 24.3 Å². The Kier molecular flexibility index (Phi) is 3.40. The summed E-state index contributed by atoms with van der Waals surface area (Å²) in [7, 11) is 0. The van der Waals surface area contributed by atoms with E-state index in [4.69, 9.17) is 5.73 Å². The summed E-state index contributed by atoms with van der Waals surface area (Å²) >= 11 is 0. The number of carbonyl (C=O) groups excluding carboxylic acids is 2. The zero-order valence-corrected chi connectivity index (χ0v) is 8.12. The van der Waals surface area contributed by atoms with Crippen LogP contribution in [0.3, 0.4) is 0 Å². The normalized spacial score (nSPS) is 9.79. The van der Waals surface area contributed by atoms with Gasteiger partial charge in [-0.05, 0) is 5.56 Å². The molecule has 0 heterocycles. The number of rotatable bonds is 4. The fourth-order valence-electron chi connectivity index (χ4n) is 1.21. The first-order valence-corrected chi connectivity index (χ1v) is 4.54. The van der Waals surface area contributed by atoms with Crippen molar-refractivity contribution < 1.29 is 9.59 Å². The first kappa shape index (κ1) is 10.4. The Morgan fingerprint density at radius 3 is 2.21 bits per heavy atom. The van der Waals surface area contributed by atoms with E-state index in [-0.39, 0.29) is 18.1 Å². The minimum atomic E-state index is -0.362. The van der Waals surface area contributed by atoms with Crippen LogP contribution in [0.25, 0.3) is 0 Å². The summed E-state index contributed by atoms with van der Waals surface area (Å²) in [4.78, 5) is 21.9. The van der Waals surface area contributed by atoms with Gasteiger partial charge < -0.3 is 5.73 Å². The van der Waals surface area contributed by atoms with Crippen molar-refractivity contribution in [3.8, 4) is 0 Å². The third kappa shape index (κ3) is 2.69. The van der Waals surface area contributed by atoms with Crippen LogP contribution in [0, 0.1) is 0 Å². The van der Waals surface area contributed by atoms with Crippen molar-refractivity contribution in [3.63, 3.8) is 0 Å². The van der Waals surface area contributed by atoms with Crippen LogP contribution >= 0.6 is 0 Å². The SMILES string of the molecule is CCC(=O)c1ccc(CC(N)=O)cc1. The quantitative estimate of drug-likeness (QED) is 0.729. The van der Waals surface area contributed by atoms with Gasteiger partial charge in [0.2, 0.25) is 5.91 Å². The van der Waals surface area contributed by atoms with Gasteiger partial charge in [0.15, 0.2) is 5.78 Å². The Bertz CT molecular complexity index is 341. The number of hydrogen-bond acceptors (Lipinski definition) is 2. The molecule has 3 heteroatoms. The van der Waals surface area contributed by atoms with Gasteiger partial charge in [-0.25, -0.2) is 0 Å². The molecular formula is C11H13NO2. The molecular weight excluding hydrogens is 178 g/mol. The predicted octanol–water partition coefficient (Wildman–Crippen LogP) is 1.31. The maximum absolute atomic E-state index is 11.3. The van der Waals surface area contributed by atoms with E-state index < -0.39 is 0 Å². The average Bonchev–Trinajstić information content (AvgIpc) is 2.17. The molecule has 1 amide bonds. The highest BCUT2D eigenvalue weighted by molar-refractivity contribution is 5.95. The average molecular weight is 191 g/mol. The van der Waals surface area contributed by atoms with Crippen LogP contribution in [0.4, 0.5) is 0 Å². The minimum absolute atomic E-state index is 0.107. The number of carbonyl (C=O) groups is 2. The van der Waals surface area contributed by atoms with E-state index in [2.05, 4.69) is 0 Å². The molecule has 1 rings (SSSR count). The van der Waals surface area contributed by atoms with Crippen LogP contribution in [-0.4, -0.2) is 11.7 Å². The van der Waals surface area contributed by atoms with Crippen LogP contribution in [0.2, 0.25) is 0 Å². The van der Waals surface area contributed by atoms with E-state index in [1.165, 1.54) is 0 Å². The fraction of sp³-hybridized carbons (Fsp3) is 0.273. The van der Waals surface area contributed by atoms with Gasteiger partial charge in [0.05, 0.1) is 6.42 Å². The second kappa shape index (κ2) is 4.56. The molecule has 1 aromatic rings. The second-order valence-electron chi connectivity index (χ2n) is 3.12. The first-order valence-electron chi connectivity index (χ1n) is 4.54. The zero-order valence-electron chi connectivity index (χ0n) is 8.12. The van der Waals surface area contributed by atoms with E-state index >= 15 is 0 Å². The molecule has 0 saturated heterocycles. The van der Waals surface area contributed by atoms with Gasteiger partial charge in [0.25, 0.3) is 0 Å². The van der Waals surface area contributed by atoms with Crippen LogP contribution in [0.1, 0.15) is 29.3 Å². The van der Waals surface area contributed by atoms with Crippen LogP contribution < -0.4 is 5.73 Å². The van der Waals surface area contributed by atoms with Gasteiger partial charge in [-0.1, -0.05) is 31.2 Å². The minimum Gasteiger partial charge on any atom is -0.369 e. The van der Waals surface area contributed by atoms with E-state index in [0.29, 0.717) is 12.0 Å². The molecule has 0 atom stereocenters. The smallest absolute Gasteiger partial charge is 0.221 e. The summed E-state index contributed by atoms with van der Waals surface area (Å²) in [6, 6.07) is 6.97. The molecule has 1 aromatic carbocycles. The summed E-state index contributed by atoms with van der Waals surface area (Å²) in [6.07, 6.45) is 0.718. The van der Waals surface area contributed by atoms with E-state index in [1.807, 2.05) is 6.92 Å². The number of hydrogen-bond donors (Lipinski definition) is 1. The number of Topliss-reactive ketones (excluding diaryl/α,β-unsaturated/α-hetero) is 1. The number of ketones is 1. The molecule has 0 aliphatic heterocycles. The van der Waals surface area contributed by atoms with Crippen molar-refractivity contribution in [1.82, 2.24) is 0 Å². The molecule has 0 radical (unpaired) electrons. The molecule has 2 N–H and O–H groups in total. The summed E-state index contributed by atoms with van der Waals surface area (Å²) in [5.41, 5.74) is 6.56. The van der Waals surface area contributed by atoms with Crippen LogP contribution in [0.5, 0.6) is 0 Å². The lowest BCUT2D eigenvalue weighted by Crippen LogP contribution is -2.13. The number of amides is 1. The fourth-order valence-corrected chi connectivity index (χ4v) is 1.21. The monoisotopic (exact) mass is 191 g/mol. The lowest BCUT2D eigenvalue weighted by molar-refractivity contribution is -0.117. The summed E-state index contributed by atoms with van der Waals surface area (Å²) in [5, 5.41) is 0. The molecule has 14 heavy (non-hydrogen) atoms. The zero-order chi connectivity index (χ0) is 10.6. The van der Waals surface area contributed by atoms with Crippen molar-refractivity contribution >= 4 is 11.7 Å². The highest BCUT2D eigenvalue weighted by Gasteiger charge is 2.03. The lowest BCUT2D eigenvalue weighted by Gasteiger charge is -2.00. The molecule has 0 saturated carbocycles. The number of benzene rings is 1. The van der Waals surface area contributed by atoms with Crippen LogP contribution in [-0.2, 0) is 11.2 Å². The molecule has 74 valence electrons. The van der Waals surface area contributed by atoms with Gasteiger partial charge >= 0.3 is 0 Å². The topological polar surface area (TPSA) is 60.2 Å². The first-order chi connectivity index (χ1) is 6.63. The molecule has 0 aliphatic rings. The third-order valence-corrected chi connectivity index (χ3v) is 1.98. The van der Waals surface area contributed by atoms with E-state index in [9.17, 15) is 9.59 Å². The number of primary amides is 1. The molecule has 0 bridgehead atoms. The highest BCUT2D eigenvalue weighted by atomic mass is 16.1. The van der Waals surface area contributed by atoms with Crippen molar-refractivity contribution in [1.29, 1.82) is 0 Å². The Hall–Kier alpha value is -1.64. The summed E-state index contributed by atoms with van der Waals surface area (Å²) in [6.45, 7) is 1.82. The van der Waals surface area contributed by atoms with Gasteiger partial charge in [-0.2, -0.15) is 0 Å². The molecule has 3 nitrogen and oxygen atoms in total. The Morgan fingerprint density at radius 1 is 1.21 bits per heavy atom. The van der Waals surface area contributed by atoms with Gasteiger partial charge in [0.1, 0.15) is 0 Å². The number of nitrogens with two attached hydrogens (primary N) is 1. The maximum Gasteiger partial charge on any atom is 0.221 e. The standard InChI is InChI=1S/C11H13NO2/c1-2-10(13)9-5-3-8(4-6-9)7-11(12)14/h3-6H,2,7H2,1H3,(H2,12,14). The molecule has 0 unspecified atom stereocenters. The van der Waals surface area contributed by atoms with Crippen molar-refractivity contribution in [2.24, 2.45) is 5.73 Å². The molecule has 0 aliphatic carbocycles. The van der Waals surface area contributed by atoms with E-state index in [0.717, 1.165) is 5.56 Å². The van der Waals surface area contributed by atoms with Gasteiger partial charge in [-0.3, -0.25) is 9.59 Å². The highest BCUT2D eigenvalue weighted by Crippen LogP contribution is 2.07.